The normalized spacial score (nSPS) is 12.5. The highest BCUT2D eigenvalue weighted by molar-refractivity contribution is 7.89. The summed E-state index contributed by atoms with van der Waals surface area (Å²) in [7, 11) is -2.51. The number of ether oxygens (including phenoxy) is 1. The van der Waals surface area contributed by atoms with E-state index in [-0.39, 0.29) is 10.6 Å². The molecule has 0 heterocycles. The molecule has 1 amide bonds. The van der Waals surface area contributed by atoms with E-state index in [4.69, 9.17) is 4.74 Å². The molecule has 0 radical (unpaired) electrons. The van der Waals surface area contributed by atoms with Crippen LogP contribution in [0.1, 0.15) is 6.92 Å². The van der Waals surface area contributed by atoms with Crippen LogP contribution in [0.3, 0.4) is 0 Å². The predicted octanol–water partition coefficient (Wildman–Crippen LogP) is 2.28. The molecule has 1 unspecified atom stereocenters. The molecule has 0 aliphatic rings. The SMILES string of the molecule is COc1ccc(S(=O)(=O)NC(C)C(=O)Nc2ccc(F)cc2F)cc1. The Balaban J connectivity index is 2.08. The monoisotopic (exact) mass is 370 g/mol. The molecule has 0 bridgehead atoms. The summed E-state index contributed by atoms with van der Waals surface area (Å²) in [5, 5.41) is 2.20. The van der Waals surface area contributed by atoms with E-state index in [0.29, 0.717) is 11.8 Å². The third kappa shape index (κ3) is 4.74. The molecule has 0 aromatic heterocycles. The van der Waals surface area contributed by atoms with E-state index in [0.717, 1.165) is 12.1 Å². The van der Waals surface area contributed by atoms with Gasteiger partial charge in [0, 0.05) is 6.07 Å². The minimum atomic E-state index is -3.96. The summed E-state index contributed by atoms with van der Waals surface area (Å²) >= 11 is 0. The molecule has 9 heteroatoms. The molecule has 2 aromatic carbocycles. The quantitative estimate of drug-likeness (QED) is 0.817. The standard InChI is InChI=1S/C16H16F2N2O4S/c1-10(16(21)19-15-8-3-11(17)9-14(15)18)20-25(22,23)13-6-4-12(24-2)5-7-13/h3-10,20H,1-2H3,(H,19,21). The van der Waals surface area contributed by atoms with Gasteiger partial charge in [0.05, 0.1) is 23.7 Å². The molecule has 0 spiro atoms. The van der Waals surface area contributed by atoms with Gasteiger partial charge < -0.3 is 10.1 Å². The fourth-order valence-corrected chi connectivity index (χ4v) is 3.14. The zero-order valence-electron chi connectivity index (χ0n) is 13.4. The van der Waals surface area contributed by atoms with Gasteiger partial charge in [0.15, 0.2) is 0 Å². The van der Waals surface area contributed by atoms with Crippen LogP contribution < -0.4 is 14.8 Å². The van der Waals surface area contributed by atoms with E-state index in [2.05, 4.69) is 10.0 Å². The number of hydrogen-bond acceptors (Lipinski definition) is 4. The number of carbonyl (C=O) groups is 1. The van der Waals surface area contributed by atoms with E-state index in [1.165, 1.54) is 38.3 Å². The topological polar surface area (TPSA) is 84.5 Å². The van der Waals surface area contributed by atoms with Crippen molar-refractivity contribution in [3.8, 4) is 5.75 Å². The van der Waals surface area contributed by atoms with E-state index in [1.807, 2.05) is 0 Å². The summed E-state index contributed by atoms with van der Waals surface area (Å²) < 4.78 is 58.0. The number of amides is 1. The lowest BCUT2D eigenvalue weighted by molar-refractivity contribution is -0.117. The molecular weight excluding hydrogens is 354 g/mol. The second-order valence-electron chi connectivity index (χ2n) is 5.13. The van der Waals surface area contributed by atoms with Gasteiger partial charge in [0.1, 0.15) is 17.4 Å². The number of halogens is 2. The Morgan fingerprint density at radius 3 is 2.32 bits per heavy atom. The summed E-state index contributed by atoms with van der Waals surface area (Å²) in [4.78, 5) is 12.0. The Labute approximate surface area is 143 Å². The van der Waals surface area contributed by atoms with Crippen LogP contribution in [-0.4, -0.2) is 27.5 Å². The minimum absolute atomic E-state index is 0.0547. The second kappa shape index (κ2) is 7.58. The van der Waals surface area contributed by atoms with E-state index >= 15 is 0 Å². The molecule has 2 aromatic rings. The fraction of sp³-hybridized carbons (Fsp3) is 0.188. The summed E-state index contributed by atoms with van der Waals surface area (Å²) in [6, 6.07) is 7.04. The smallest absolute Gasteiger partial charge is 0.242 e. The van der Waals surface area contributed by atoms with Crippen molar-refractivity contribution in [1.29, 1.82) is 0 Å². The molecule has 134 valence electrons. The minimum Gasteiger partial charge on any atom is -0.497 e. The maximum absolute atomic E-state index is 13.5. The number of nitrogens with one attached hydrogen (secondary N) is 2. The van der Waals surface area contributed by atoms with Crippen molar-refractivity contribution in [2.45, 2.75) is 17.9 Å². The highest BCUT2D eigenvalue weighted by atomic mass is 32.2. The second-order valence-corrected chi connectivity index (χ2v) is 6.85. The van der Waals surface area contributed by atoms with Crippen molar-refractivity contribution in [2.24, 2.45) is 0 Å². The van der Waals surface area contributed by atoms with E-state index in [1.54, 1.807) is 0 Å². The van der Waals surface area contributed by atoms with Crippen molar-refractivity contribution >= 4 is 21.6 Å². The molecule has 0 saturated heterocycles. The number of anilines is 1. The maximum atomic E-state index is 13.5. The zero-order chi connectivity index (χ0) is 18.6. The van der Waals surface area contributed by atoms with Crippen molar-refractivity contribution in [3.05, 3.63) is 54.1 Å². The van der Waals surface area contributed by atoms with E-state index in [9.17, 15) is 22.0 Å². The van der Waals surface area contributed by atoms with Crippen LogP contribution in [0.25, 0.3) is 0 Å². The van der Waals surface area contributed by atoms with Crippen LogP contribution in [0, 0.1) is 11.6 Å². The molecule has 1 atom stereocenters. The highest BCUT2D eigenvalue weighted by Crippen LogP contribution is 2.17. The lowest BCUT2D eigenvalue weighted by Crippen LogP contribution is -2.41. The van der Waals surface area contributed by atoms with E-state index < -0.39 is 33.6 Å². The van der Waals surface area contributed by atoms with Crippen LogP contribution in [-0.2, 0) is 14.8 Å². The van der Waals surface area contributed by atoms with Crippen molar-refractivity contribution in [2.75, 3.05) is 12.4 Å². The summed E-state index contributed by atoms with van der Waals surface area (Å²) in [5.74, 6) is -2.05. The van der Waals surface area contributed by atoms with Gasteiger partial charge in [-0.25, -0.2) is 17.2 Å². The molecule has 2 N–H and O–H groups in total. The molecular formula is C16H16F2N2O4S. The first-order valence-electron chi connectivity index (χ1n) is 7.15. The van der Waals surface area contributed by atoms with Gasteiger partial charge in [-0.2, -0.15) is 4.72 Å². The Morgan fingerprint density at radius 1 is 1.12 bits per heavy atom. The summed E-state index contributed by atoms with van der Waals surface area (Å²) in [6.45, 7) is 1.30. The van der Waals surface area contributed by atoms with Gasteiger partial charge in [0.2, 0.25) is 15.9 Å². The molecule has 0 fully saturated rings. The number of sulfonamides is 1. The van der Waals surface area contributed by atoms with Gasteiger partial charge in [0.25, 0.3) is 0 Å². The molecule has 0 aliphatic carbocycles. The third-order valence-corrected chi connectivity index (χ3v) is 4.84. The third-order valence-electron chi connectivity index (χ3n) is 3.28. The van der Waals surface area contributed by atoms with Crippen LogP contribution >= 0.6 is 0 Å². The average molecular weight is 370 g/mol. The van der Waals surface area contributed by atoms with Gasteiger partial charge in [-0.05, 0) is 43.3 Å². The van der Waals surface area contributed by atoms with Crippen LogP contribution in [0.5, 0.6) is 5.75 Å². The number of rotatable bonds is 6. The fourth-order valence-electron chi connectivity index (χ4n) is 1.94. The molecule has 0 saturated carbocycles. The highest BCUT2D eigenvalue weighted by Gasteiger charge is 2.22. The number of methoxy groups -OCH3 is 1. The van der Waals surface area contributed by atoms with Crippen molar-refractivity contribution in [3.63, 3.8) is 0 Å². The lowest BCUT2D eigenvalue weighted by atomic mass is 10.2. The average Bonchev–Trinajstić information content (AvgIpc) is 2.57. The zero-order valence-corrected chi connectivity index (χ0v) is 14.2. The van der Waals surface area contributed by atoms with Gasteiger partial charge >= 0.3 is 0 Å². The first-order valence-corrected chi connectivity index (χ1v) is 8.63. The Hall–Kier alpha value is -2.52. The molecule has 6 nitrogen and oxygen atoms in total. The number of carbonyl (C=O) groups excluding carboxylic acids is 1. The Kier molecular flexibility index (Phi) is 5.70. The maximum Gasteiger partial charge on any atom is 0.242 e. The van der Waals surface area contributed by atoms with Crippen molar-refractivity contribution < 1.29 is 26.7 Å². The molecule has 25 heavy (non-hydrogen) atoms. The van der Waals surface area contributed by atoms with Crippen LogP contribution in [0.2, 0.25) is 0 Å². The first-order chi connectivity index (χ1) is 11.7. The number of benzene rings is 2. The van der Waals surface area contributed by atoms with Crippen LogP contribution in [0.4, 0.5) is 14.5 Å². The van der Waals surface area contributed by atoms with Gasteiger partial charge in [-0.15, -0.1) is 0 Å². The Morgan fingerprint density at radius 2 is 1.76 bits per heavy atom. The Bertz CT molecular complexity index is 870. The van der Waals surface area contributed by atoms with Crippen molar-refractivity contribution in [1.82, 2.24) is 4.72 Å². The largest absolute Gasteiger partial charge is 0.497 e. The molecule has 0 aliphatic heterocycles. The van der Waals surface area contributed by atoms with Gasteiger partial charge in [-0.1, -0.05) is 0 Å². The molecule has 2 rings (SSSR count). The first kappa shape index (κ1) is 18.8. The summed E-state index contributed by atoms with van der Waals surface area (Å²) in [6.07, 6.45) is 0. The lowest BCUT2D eigenvalue weighted by Gasteiger charge is -2.15. The number of hydrogen-bond donors (Lipinski definition) is 2. The van der Waals surface area contributed by atoms with Crippen LogP contribution in [0.15, 0.2) is 47.4 Å². The predicted molar refractivity (Wildman–Crippen MR) is 87.8 cm³/mol. The van der Waals surface area contributed by atoms with Gasteiger partial charge in [-0.3, -0.25) is 4.79 Å². The summed E-state index contributed by atoms with van der Waals surface area (Å²) in [5.41, 5.74) is -0.248.